The first kappa shape index (κ1) is 12.3. The maximum absolute atomic E-state index is 9.43. The number of ether oxygens (including phenoxy) is 1. The van der Waals surface area contributed by atoms with E-state index in [1.807, 2.05) is 18.3 Å². The lowest BCUT2D eigenvalue weighted by Gasteiger charge is -2.36. The summed E-state index contributed by atoms with van der Waals surface area (Å²) in [4.78, 5) is 6.63. The Balaban J connectivity index is 2.15. The molecule has 0 saturated carbocycles. The van der Waals surface area contributed by atoms with Crippen LogP contribution in [-0.2, 0) is 4.74 Å². The van der Waals surface area contributed by atoms with E-state index in [4.69, 9.17) is 4.74 Å². The van der Waals surface area contributed by atoms with Gasteiger partial charge < -0.3 is 14.7 Å². The second kappa shape index (κ2) is 5.47. The van der Waals surface area contributed by atoms with E-state index in [0.717, 1.165) is 37.6 Å². The Hall–Kier alpha value is -1.13. The molecular formula is C13H20N2O2. The quantitative estimate of drug-likeness (QED) is 0.868. The molecule has 1 saturated heterocycles. The van der Waals surface area contributed by atoms with Gasteiger partial charge in [-0.3, -0.25) is 4.98 Å². The minimum absolute atomic E-state index is 0.433. The lowest BCUT2D eigenvalue weighted by atomic mass is 10.1. The van der Waals surface area contributed by atoms with E-state index in [0.29, 0.717) is 6.04 Å². The summed E-state index contributed by atoms with van der Waals surface area (Å²) in [6.45, 7) is 6.37. The Morgan fingerprint density at radius 2 is 2.41 bits per heavy atom. The van der Waals surface area contributed by atoms with Crippen LogP contribution < -0.4 is 4.90 Å². The maximum atomic E-state index is 9.43. The Labute approximate surface area is 102 Å². The highest BCUT2D eigenvalue weighted by molar-refractivity contribution is 5.46. The van der Waals surface area contributed by atoms with Gasteiger partial charge in [0, 0.05) is 6.54 Å². The number of morpholine rings is 1. The highest BCUT2D eigenvalue weighted by Gasteiger charge is 2.21. The van der Waals surface area contributed by atoms with Gasteiger partial charge in [0.1, 0.15) is 0 Å². The van der Waals surface area contributed by atoms with Crippen LogP contribution in [0.15, 0.2) is 18.3 Å². The molecule has 0 amide bonds. The number of anilines is 1. The van der Waals surface area contributed by atoms with Gasteiger partial charge in [-0.2, -0.15) is 0 Å². The minimum atomic E-state index is -0.504. The van der Waals surface area contributed by atoms with Gasteiger partial charge in [0.25, 0.3) is 0 Å². The smallest absolute Gasteiger partial charge is 0.0931 e. The molecule has 1 unspecified atom stereocenters. The SMILES string of the molecule is CCC1COCCN1c1ccc([C@@H](C)O)nc1. The topological polar surface area (TPSA) is 45.6 Å². The predicted molar refractivity (Wildman–Crippen MR) is 67.1 cm³/mol. The summed E-state index contributed by atoms with van der Waals surface area (Å²) in [5.41, 5.74) is 1.83. The summed E-state index contributed by atoms with van der Waals surface area (Å²) < 4.78 is 5.48. The van der Waals surface area contributed by atoms with E-state index in [-0.39, 0.29) is 0 Å². The zero-order valence-electron chi connectivity index (χ0n) is 10.5. The molecule has 2 heterocycles. The van der Waals surface area contributed by atoms with Gasteiger partial charge in [0.2, 0.25) is 0 Å². The van der Waals surface area contributed by atoms with Crippen molar-refractivity contribution in [3.63, 3.8) is 0 Å². The van der Waals surface area contributed by atoms with E-state index in [1.165, 1.54) is 0 Å². The van der Waals surface area contributed by atoms with Crippen LogP contribution in [0.1, 0.15) is 32.1 Å². The van der Waals surface area contributed by atoms with Crippen LogP contribution in [0.2, 0.25) is 0 Å². The van der Waals surface area contributed by atoms with Crippen molar-refractivity contribution in [3.8, 4) is 0 Å². The van der Waals surface area contributed by atoms with Crippen molar-refractivity contribution in [1.82, 2.24) is 4.98 Å². The van der Waals surface area contributed by atoms with Crippen LogP contribution in [0.3, 0.4) is 0 Å². The summed E-state index contributed by atoms with van der Waals surface area (Å²) in [5, 5.41) is 9.43. The molecule has 1 N–H and O–H groups in total. The average molecular weight is 236 g/mol. The lowest BCUT2D eigenvalue weighted by molar-refractivity contribution is 0.0929. The normalized spacial score (nSPS) is 22.5. The third-order valence-corrected chi connectivity index (χ3v) is 3.23. The van der Waals surface area contributed by atoms with Crippen molar-refractivity contribution in [3.05, 3.63) is 24.0 Å². The molecular weight excluding hydrogens is 216 g/mol. The van der Waals surface area contributed by atoms with Crippen LogP contribution in [-0.4, -0.2) is 35.9 Å². The van der Waals surface area contributed by atoms with Crippen molar-refractivity contribution in [2.24, 2.45) is 0 Å². The third-order valence-electron chi connectivity index (χ3n) is 3.23. The Morgan fingerprint density at radius 1 is 1.59 bits per heavy atom. The van der Waals surface area contributed by atoms with Crippen molar-refractivity contribution >= 4 is 5.69 Å². The number of aromatic nitrogens is 1. The first-order chi connectivity index (χ1) is 8.22. The van der Waals surface area contributed by atoms with Crippen LogP contribution in [0, 0.1) is 0 Å². The molecule has 1 aromatic rings. The minimum Gasteiger partial charge on any atom is -0.387 e. The zero-order valence-corrected chi connectivity index (χ0v) is 10.5. The van der Waals surface area contributed by atoms with E-state index in [9.17, 15) is 5.11 Å². The summed E-state index contributed by atoms with van der Waals surface area (Å²) in [7, 11) is 0. The molecule has 0 spiro atoms. The highest BCUT2D eigenvalue weighted by Crippen LogP contribution is 2.21. The first-order valence-corrected chi connectivity index (χ1v) is 6.20. The molecule has 0 aliphatic carbocycles. The molecule has 0 bridgehead atoms. The number of hydrogen-bond donors (Lipinski definition) is 1. The van der Waals surface area contributed by atoms with Crippen LogP contribution in [0.25, 0.3) is 0 Å². The van der Waals surface area contributed by atoms with Crippen LogP contribution >= 0.6 is 0 Å². The molecule has 4 nitrogen and oxygen atoms in total. The summed E-state index contributed by atoms with van der Waals surface area (Å²) in [6, 6.07) is 4.36. The fourth-order valence-corrected chi connectivity index (χ4v) is 2.15. The van der Waals surface area contributed by atoms with E-state index in [1.54, 1.807) is 6.92 Å². The molecule has 0 radical (unpaired) electrons. The Bertz CT molecular complexity index is 351. The van der Waals surface area contributed by atoms with Crippen molar-refractivity contribution in [2.45, 2.75) is 32.4 Å². The van der Waals surface area contributed by atoms with Gasteiger partial charge in [-0.25, -0.2) is 0 Å². The largest absolute Gasteiger partial charge is 0.387 e. The fraction of sp³-hybridized carbons (Fsp3) is 0.615. The summed E-state index contributed by atoms with van der Waals surface area (Å²) in [6.07, 6.45) is 2.41. The molecule has 94 valence electrons. The van der Waals surface area contributed by atoms with E-state index in [2.05, 4.69) is 16.8 Å². The average Bonchev–Trinajstić information content (AvgIpc) is 2.39. The zero-order chi connectivity index (χ0) is 12.3. The molecule has 1 aliphatic heterocycles. The first-order valence-electron chi connectivity index (χ1n) is 6.20. The van der Waals surface area contributed by atoms with Crippen LogP contribution in [0.4, 0.5) is 5.69 Å². The number of aliphatic hydroxyl groups is 1. The monoisotopic (exact) mass is 236 g/mol. The molecule has 17 heavy (non-hydrogen) atoms. The van der Waals surface area contributed by atoms with Gasteiger partial charge in [-0.1, -0.05) is 6.92 Å². The molecule has 1 aliphatic rings. The number of aliphatic hydroxyl groups excluding tert-OH is 1. The van der Waals surface area contributed by atoms with Gasteiger partial charge in [-0.15, -0.1) is 0 Å². The summed E-state index contributed by atoms with van der Waals surface area (Å²) in [5.74, 6) is 0. The second-order valence-corrected chi connectivity index (χ2v) is 4.45. The standard InChI is InChI=1S/C13H20N2O2/c1-3-11-9-17-7-6-15(11)12-4-5-13(10(2)16)14-8-12/h4-5,8,10-11,16H,3,6-7,9H2,1-2H3/t10-,11?/m1/s1. The molecule has 0 aromatic carbocycles. The van der Waals surface area contributed by atoms with Crippen molar-refractivity contribution in [2.75, 3.05) is 24.7 Å². The second-order valence-electron chi connectivity index (χ2n) is 4.45. The molecule has 1 fully saturated rings. The van der Waals surface area contributed by atoms with Gasteiger partial charge in [0.15, 0.2) is 0 Å². The van der Waals surface area contributed by atoms with Gasteiger partial charge in [0.05, 0.1) is 42.9 Å². The predicted octanol–water partition coefficient (Wildman–Crippen LogP) is 1.75. The van der Waals surface area contributed by atoms with Crippen LogP contribution in [0.5, 0.6) is 0 Å². The molecule has 2 rings (SSSR count). The van der Waals surface area contributed by atoms with E-state index >= 15 is 0 Å². The van der Waals surface area contributed by atoms with Gasteiger partial charge >= 0.3 is 0 Å². The summed E-state index contributed by atoms with van der Waals surface area (Å²) >= 11 is 0. The lowest BCUT2D eigenvalue weighted by Crippen LogP contribution is -2.45. The van der Waals surface area contributed by atoms with Crippen molar-refractivity contribution < 1.29 is 9.84 Å². The maximum Gasteiger partial charge on any atom is 0.0931 e. The highest BCUT2D eigenvalue weighted by atomic mass is 16.5. The Morgan fingerprint density at radius 3 is 3.00 bits per heavy atom. The number of nitrogens with zero attached hydrogens (tertiary/aromatic N) is 2. The van der Waals surface area contributed by atoms with Crippen molar-refractivity contribution in [1.29, 1.82) is 0 Å². The fourth-order valence-electron chi connectivity index (χ4n) is 2.15. The van der Waals surface area contributed by atoms with Gasteiger partial charge in [-0.05, 0) is 25.5 Å². The number of rotatable bonds is 3. The number of hydrogen-bond acceptors (Lipinski definition) is 4. The van der Waals surface area contributed by atoms with E-state index < -0.39 is 6.10 Å². The Kier molecular flexibility index (Phi) is 3.97. The number of pyridine rings is 1. The molecule has 2 atom stereocenters. The molecule has 4 heteroatoms. The molecule has 1 aromatic heterocycles. The third kappa shape index (κ3) is 2.76.